The molecule has 0 saturated heterocycles. The molecule has 0 amide bonds. The van der Waals surface area contributed by atoms with Gasteiger partial charge < -0.3 is 24.1 Å². The summed E-state index contributed by atoms with van der Waals surface area (Å²) in [5, 5.41) is 0. The largest absolute Gasteiger partial charge is 1.00 e. The maximum Gasteiger partial charge on any atom is 1.00 e. The molecule has 0 aromatic carbocycles. The molecule has 0 aliphatic rings. The van der Waals surface area contributed by atoms with Gasteiger partial charge in [0.15, 0.2) is 0 Å². The Kier molecular flexibility index (Phi) is 25.2. The van der Waals surface area contributed by atoms with E-state index in [1.807, 2.05) is 0 Å². The summed E-state index contributed by atoms with van der Waals surface area (Å²) in [5.41, 5.74) is 0. The van der Waals surface area contributed by atoms with Crippen LogP contribution in [0.1, 0.15) is 0 Å². The summed E-state index contributed by atoms with van der Waals surface area (Å²) in [6, 6.07) is 0. The molecule has 0 atom stereocenters. The number of hydrogen-bond acceptors (Lipinski definition) is 5. The number of phosphoric acid groups is 2. The van der Waals surface area contributed by atoms with Crippen LogP contribution in [0.15, 0.2) is 0 Å². The maximum atomic E-state index is 9.55. The van der Waals surface area contributed by atoms with Gasteiger partial charge in [0.25, 0.3) is 0 Å². The predicted molar refractivity (Wildman–Crippen MR) is 32.3 cm³/mol. The Morgan fingerprint density at radius 2 is 1.38 bits per heavy atom. The molecular formula is H2ClKNa2O7P2. The Labute approximate surface area is 155 Å². The third kappa shape index (κ3) is 31.4. The Morgan fingerprint density at radius 3 is 1.38 bits per heavy atom. The van der Waals surface area contributed by atoms with Gasteiger partial charge in [-0.2, -0.15) is 0 Å². The number of hydrogen-bond donors (Lipinski definition) is 2. The first-order valence-electron chi connectivity index (χ1n) is 1.87. The molecule has 7 nitrogen and oxygen atoms in total. The molecule has 0 rings (SSSR count). The molecule has 2 N–H and O–H groups in total. The summed E-state index contributed by atoms with van der Waals surface area (Å²) < 4.78 is 26.5. The maximum absolute atomic E-state index is 9.55. The second-order valence-electron chi connectivity index (χ2n) is 1.02. The van der Waals surface area contributed by atoms with Crippen molar-refractivity contribution in [1.29, 1.82) is 0 Å². The number of halogens is 1. The summed E-state index contributed by atoms with van der Waals surface area (Å²) in [7, 11) is -10.7. The van der Waals surface area contributed by atoms with Gasteiger partial charge in [-0.15, -0.1) is 0 Å². The average molecular weight is 296 g/mol. The Hall–Kier alpha value is 4.19. The molecular weight excluding hydrogens is 294 g/mol. The van der Waals surface area contributed by atoms with E-state index in [0.717, 1.165) is 0 Å². The van der Waals surface area contributed by atoms with Crippen LogP contribution in [-0.2, 0) is 13.4 Å². The van der Waals surface area contributed by atoms with Crippen molar-refractivity contribution in [3.63, 3.8) is 0 Å². The standard InChI is InChI=1S/ClH.K.2Na.H4O7P2/c;;;;1-8(2,3)7-9(4,5)6/h1H;;;;(H2,1,2,3)(H2,4,5,6)/q;3*+1;/p-3. The number of rotatable bonds is 2. The van der Waals surface area contributed by atoms with Crippen molar-refractivity contribution in [2.24, 2.45) is 0 Å². The molecule has 64 valence electrons. The fourth-order valence-electron chi connectivity index (χ4n) is 0.130. The van der Waals surface area contributed by atoms with Crippen LogP contribution in [0, 0.1) is 0 Å². The molecule has 0 heterocycles. The molecule has 0 bridgehead atoms. The zero-order valence-corrected chi connectivity index (χ0v) is 16.9. The molecule has 13 heavy (non-hydrogen) atoms. The van der Waals surface area contributed by atoms with Gasteiger partial charge in [-0.3, -0.25) is 4.31 Å². The Balaban J connectivity index is -0.0000000941. The molecule has 0 fully saturated rings. The van der Waals surface area contributed by atoms with Crippen LogP contribution < -0.4 is 68.9 Å². The molecule has 0 saturated carbocycles. The summed E-state index contributed by atoms with van der Waals surface area (Å²) in [6.45, 7) is 0. The van der Waals surface area contributed by atoms with Crippen LogP contribution in [0.2, 0.25) is 0 Å². The minimum absolute atomic E-state index is 0. The van der Waals surface area contributed by atoms with Gasteiger partial charge >= 0.3 is 118 Å². The third-order valence-electron chi connectivity index (χ3n) is 0.206. The molecule has 0 spiro atoms. The summed E-state index contributed by atoms with van der Waals surface area (Å²) in [5.74, 6) is 0. The predicted octanol–water partition coefficient (Wildman–Crippen LogP) is -7.76. The van der Waals surface area contributed by atoms with Crippen LogP contribution in [0.3, 0.4) is 0 Å². The average Bonchev–Trinajstić information content (AvgIpc) is 1.60. The SMILES string of the molecule is O=P([O-])([O-])OP(=O)(O)O.[Cl][K].[Na+].[Na+]. The Morgan fingerprint density at radius 1 is 1.15 bits per heavy atom. The van der Waals surface area contributed by atoms with Crippen molar-refractivity contribution in [3.8, 4) is 0 Å². The second kappa shape index (κ2) is 12.6. The van der Waals surface area contributed by atoms with Crippen molar-refractivity contribution in [3.05, 3.63) is 0 Å². The fourth-order valence-corrected chi connectivity index (χ4v) is 1.17. The summed E-state index contributed by atoms with van der Waals surface area (Å²) in [6.07, 6.45) is 0. The monoisotopic (exact) mass is 296 g/mol. The summed E-state index contributed by atoms with van der Waals surface area (Å²) in [4.78, 5) is 34.1. The van der Waals surface area contributed by atoms with Crippen LogP contribution >= 0.6 is 19.4 Å². The second-order valence-corrected chi connectivity index (χ2v) is 3.55. The van der Waals surface area contributed by atoms with E-state index in [0.29, 0.717) is 47.1 Å². The van der Waals surface area contributed by atoms with E-state index in [1.54, 1.807) is 0 Å². The molecule has 0 aromatic heterocycles. The quantitative estimate of drug-likeness (QED) is 0.382. The zero-order chi connectivity index (χ0) is 9.71. The Bertz CT molecular complexity index is 165. The fraction of sp³-hybridized carbons (Fsp3) is 0. The zero-order valence-electron chi connectivity index (χ0n) is 7.21. The topological polar surface area (TPSA) is 130 Å². The molecule has 0 unspecified atom stereocenters. The molecule has 0 radical (unpaired) electrons. The smallest absolute Gasteiger partial charge is 1.00 e. The first-order chi connectivity index (χ1) is 4.71. The van der Waals surface area contributed by atoms with E-state index in [9.17, 15) is 18.9 Å². The van der Waals surface area contributed by atoms with Crippen LogP contribution in [0.4, 0.5) is 0 Å². The van der Waals surface area contributed by atoms with Crippen molar-refractivity contribution < 1.29 is 92.1 Å². The third-order valence-corrected chi connectivity index (χ3v) is 1.86. The van der Waals surface area contributed by atoms with Crippen LogP contribution in [0.5, 0.6) is 0 Å². The van der Waals surface area contributed by atoms with E-state index in [4.69, 9.17) is 13.6 Å². The van der Waals surface area contributed by atoms with Crippen LogP contribution in [-0.4, -0.2) is 56.9 Å². The van der Waals surface area contributed by atoms with Gasteiger partial charge in [0.2, 0.25) is 0 Å². The molecule has 0 aliphatic heterocycles. The van der Waals surface area contributed by atoms with E-state index >= 15 is 0 Å². The summed E-state index contributed by atoms with van der Waals surface area (Å²) >= 11 is 0.535. The molecule has 13 heteroatoms. The molecule has 0 aromatic rings. The van der Waals surface area contributed by atoms with Crippen LogP contribution in [0.25, 0.3) is 0 Å². The van der Waals surface area contributed by atoms with Gasteiger partial charge in [0.05, 0.1) is 7.82 Å². The van der Waals surface area contributed by atoms with E-state index in [2.05, 4.69) is 4.31 Å². The normalized spacial score (nSPS) is 10.1. The van der Waals surface area contributed by atoms with Gasteiger partial charge in [0.1, 0.15) is 0 Å². The van der Waals surface area contributed by atoms with Crippen molar-refractivity contribution in [2.75, 3.05) is 0 Å². The minimum Gasteiger partial charge on any atom is 1.00 e. The van der Waals surface area contributed by atoms with E-state index in [1.165, 1.54) is 0 Å². The van der Waals surface area contributed by atoms with E-state index < -0.39 is 15.6 Å². The van der Waals surface area contributed by atoms with E-state index in [-0.39, 0.29) is 59.1 Å². The van der Waals surface area contributed by atoms with Gasteiger partial charge in [-0.25, -0.2) is 4.57 Å². The van der Waals surface area contributed by atoms with Gasteiger partial charge in [0, 0.05) is 0 Å². The minimum atomic E-state index is -5.55. The molecule has 0 aliphatic carbocycles. The van der Waals surface area contributed by atoms with Crippen molar-refractivity contribution in [2.45, 2.75) is 0 Å². The first-order valence-corrected chi connectivity index (χ1v) is 9.16. The van der Waals surface area contributed by atoms with Gasteiger partial charge in [-0.05, 0) is 0 Å². The van der Waals surface area contributed by atoms with Gasteiger partial charge in [-0.1, -0.05) is 0 Å². The van der Waals surface area contributed by atoms with Crippen molar-refractivity contribution in [1.82, 2.24) is 0 Å². The first kappa shape index (κ1) is 25.9. The van der Waals surface area contributed by atoms with Crippen molar-refractivity contribution >= 4 is 66.5 Å².